The molecule has 164 valence electrons. The van der Waals surface area contributed by atoms with E-state index in [1.807, 2.05) is 12.1 Å². The van der Waals surface area contributed by atoms with Crippen LogP contribution in [0.5, 0.6) is 0 Å². The Morgan fingerprint density at radius 2 is 1.94 bits per heavy atom. The van der Waals surface area contributed by atoms with E-state index >= 15 is 0 Å². The largest absolute Gasteiger partial charge is 0.464 e. The summed E-state index contributed by atoms with van der Waals surface area (Å²) in [6, 6.07) is 11.6. The first kappa shape index (κ1) is 21.6. The lowest BCUT2D eigenvalue weighted by atomic mass is 9.99. The van der Waals surface area contributed by atoms with E-state index in [-0.39, 0.29) is 42.2 Å². The van der Waals surface area contributed by atoms with Gasteiger partial charge in [-0.05, 0) is 47.7 Å². The van der Waals surface area contributed by atoms with Crippen LogP contribution in [-0.2, 0) is 27.6 Å². The second kappa shape index (κ2) is 8.46. The molecule has 0 saturated carbocycles. The van der Waals surface area contributed by atoms with Crippen LogP contribution in [0.25, 0.3) is 11.0 Å². The lowest BCUT2D eigenvalue weighted by Gasteiger charge is -2.28. The van der Waals surface area contributed by atoms with E-state index in [0.29, 0.717) is 12.3 Å². The molecule has 1 saturated heterocycles. The van der Waals surface area contributed by atoms with Crippen LogP contribution in [0.3, 0.4) is 0 Å². The molecule has 0 spiro atoms. The van der Waals surface area contributed by atoms with Gasteiger partial charge in [-0.1, -0.05) is 32.0 Å². The normalized spacial score (nSPS) is 18.0. The topological polar surface area (TPSA) is 67.6 Å². The zero-order chi connectivity index (χ0) is 22.2. The number of hydrogen-bond donors (Lipinski definition) is 0. The molecule has 31 heavy (non-hydrogen) atoms. The molecule has 0 N–H and O–H groups in total. The third-order valence-corrected chi connectivity index (χ3v) is 7.67. The molecule has 1 aromatic heterocycles. The number of amides is 1. The third kappa shape index (κ3) is 4.82. The van der Waals surface area contributed by atoms with Gasteiger partial charge in [-0.3, -0.25) is 4.79 Å². The Labute approximate surface area is 181 Å². The molecule has 7 heteroatoms. The minimum Gasteiger partial charge on any atom is -0.464 e. The summed E-state index contributed by atoms with van der Waals surface area (Å²) >= 11 is 0. The average molecular weight is 444 g/mol. The number of hydrogen-bond acceptors (Lipinski definition) is 4. The van der Waals surface area contributed by atoms with E-state index in [0.717, 1.165) is 27.7 Å². The molecule has 0 aliphatic carbocycles. The van der Waals surface area contributed by atoms with Gasteiger partial charge in [0.15, 0.2) is 9.84 Å². The maximum Gasteiger partial charge on any atom is 0.227 e. The van der Waals surface area contributed by atoms with Crippen molar-refractivity contribution in [3.8, 4) is 0 Å². The predicted octanol–water partition coefficient (Wildman–Crippen LogP) is 4.45. The molecule has 1 amide bonds. The van der Waals surface area contributed by atoms with E-state index in [9.17, 15) is 17.6 Å². The van der Waals surface area contributed by atoms with Gasteiger partial charge in [0.25, 0.3) is 0 Å². The fraction of sp³-hybridized carbons (Fsp3) is 0.375. The highest BCUT2D eigenvalue weighted by Gasteiger charge is 2.35. The number of sulfone groups is 1. The Bertz CT molecular complexity index is 1200. The molecular weight excluding hydrogens is 417 g/mol. The van der Waals surface area contributed by atoms with Crippen LogP contribution < -0.4 is 0 Å². The van der Waals surface area contributed by atoms with Gasteiger partial charge >= 0.3 is 0 Å². The highest BCUT2D eigenvalue weighted by atomic mass is 32.2. The summed E-state index contributed by atoms with van der Waals surface area (Å²) in [5.74, 6) is -0.123. The van der Waals surface area contributed by atoms with Gasteiger partial charge in [0.2, 0.25) is 5.91 Å². The molecular formula is C24H26FNO4S. The fourth-order valence-electron chi connectivity index (χ4n) is 4.09. The second-order valence-corrected chi connectivity index (χ2v) is 10.8. The fourth-order valence-corrected chi connectivity index (χ4v) is 5.82. The van der Waals surface area contributed by atoms with E-state index in [1.165, 1.54) is 12.1 Å². The maximum atomic E-state index is 13.4. The third-order valence-electron chi connectivity index (χ3n) is 5.92. The number of benzene rings is 2. The van der Waals surface area contributed by atoms with Crippen molar-refractivity contribution in [1.29, 1.82) is 0 Å². The minimum absolute atomic E-state index is 0.0381. The maximum absolute atomic E-state index is 13.4. The SMILES string of the molecule is CC(C)c1ccc2occ(CC(=O)N(Cc3ccc(F)cc3)[C@H]3CCS(=O)(=O)C3)c2c1. The molecule has 4 rings (SSSR count). The van der Waals surface area contributed by atoms with Crippen LogP contribution in [0.2, 0.25) is 0 Å². The smallest absolute Gasteiger partial charge is 0.227 e. The highest BCUT2D eigenvalue weighted by Crippen LogP contribution is 2.28. The van der Waals surface area contributed by atoms with E-state index in [1.54, 1.807) is 23.3 Å². The molecule has 1 atom stereocenters. The first-order chi connectivity index (χ1) is 14.7. The Kier molecular flexibility index (Phi) is 5.88. The quantitative estimate of drug-likeness (QED) is 0.564. The van der Waals surface area contributed by atoms with Gasteiger partial charge in [0.05, 0.1) is 24.2 Å². The van der Waals surface area contributed by atoms with Crippen LogP contribution >= 0.6 is 0 Å². The standard InChI is InChI=1S/C24H26FNO4S/c1-16(2)18-5-8-23-22(11-18)19(14-30-23)12-24(27)26(21-9-10-31(28,29)15-21)13-17-3-6-20(25)7-4-17/h3-8,11,14,16,21H,9-10,12-13,15H2,1-2H3/t21-/m0/s1. The van der Waals surface area contributed by atoms with Gasteiger partial charge in [-0.15, -0.1) is 0 Å². The van der Waals surface area contributed by atoms with E-state index in [4.69, 9.17) is 4.42 Å². The van der Waals surface area contributed by atoms with Crippen molar-refractivity contribution in [3.63, 3.8) is 0 Å². The van der Waals surface area contributed by atoms with Crippen LogP contribution in [-0.4, -0.2) is 36.8 Å². The molecule has 3 aromatic rings. The summed E-state index contributed by atoms with van der Waals surface area (Å²) in [4.78, 5) is 15.0. The number of furan rings is 1. The summed E-state index contributed by atoms with van der Waals surface area (Å²) in [5.41, 5.74) is 3.43. The molecule has 1 fully saturated rings. The summed E-state index contributed by atoms with van der Waals surface area (Å²) < 4.78 is 43.1. The Balaban J connectivity index is 1.62. The number of nitrogens with zero attached hydrogens (tertiary/aromatic N) is 1. The first-order valence-corrected chi connectivity index (χ1v) is 12.3. The zero-order valence-corrected chi connectivity index (χ0v) is 18.5. The number of halogens is 1. The lowest BCUT2D eigenvalue weighted by molar-refractivity contribution is -0.133. The molecule has 5 nitrogen and oxygen atoms in total. The molecule has 0 bridgehead atoms. The minimum atomic E-state index is -3.16. The molecule has 2 heterocycles. The predicted molar refractivity (Wildman–Crippen MR) is 118 cm³/mol. The molecule has 0 unspecified atom stereocenters. The van der Waals surface area contributed by atoms with Gasteiger partial charge in [0.1, 0.15) is 11.4 Å². The van der Waals surface area contributed by atoms with Crippen molar-refractivity contribution in [3.05, 3.63) is 71.2 Å². The monoisotopic (exact) mass is 443 g/mol. The van der Waals surface area contributed by atoms with Crippen molar-refractivity contribution in [2.75, 3.05) is 11.5 Å². The second-order valence-electron chi connectivity index (χ2n) is 8.55. The van der Waals surface area contributed by atoms with E-state index in [2.05, 4.69) is 19.9 Å². The van der Waals surface area contributed by atoms with Crippen LogP contribution in [0.4, 0.5) is 4.39 Å². The van der Waals surface area contributed by atoms with Crippen molar-refractivity contribution < 1.29 is 22.0 Å². The summed E-state index contributed by atoms with van der Waals surface area (Å²) in [6.45, 7) is 4.46. The van der Waals surface area contributed by atoms with Crippen molar-refractivity contribution >= 4 is 26.7 Å². The summed E-state index contributed by atoms with van der Waals surface area (Å²) in [7, 11) is -3.16. The lowest BCUT2D eigenvalue weighted by Crippen LogP contribution is -2.41. The Hall–Kier alpha value is -2.67. The molecule has 1 aliphatic rings. The highest BCUT2D eigenvalue weighted by molar-refractivity contribution is 7.91. The van der Waals surface area contributed by atoms with Crippen molar-refractivity contribution in [1.82, 2.24) is 4.90 Å². The van der Waals surface area contributed by atoms with Gasteiger partial charge in [-0.2, -0.15) is 0 Å². The van der Waals surface area contributed by atoms with Crippen LogP contribution in [0, 0.1) is 5.82 Å². The summed E-state index contributed by atoms with van der Waals surface area (Å²) in [5, 5.41) is 0.903. The summed E-state index contributed by atoms with van der Waals surface area (Å²) in [6.07, 6.45) is 2.14. The average Bonchev–Trinajstić information content (AvgIpc) is 3.29. The van der Waals surface area contributed by atoms with Gasteiger partial charge in [-0.25, -0.2) is 12.8 Å². The van der Waals surface area contributed by atoms with Gasteiger partial charge in [0, 0.05) is 23.5 Å². The number of carbonyl (C=O) groups excluding carboxylic acids is 1. The van der Waals surface area contributed by atoms with Crippen LogP contribution in [0.15, 0.2) is 53.1 Å². The number of rotatable bonds is 6. The van der Waals surface area contributed by atoms with Crippen LogP contribution in [0.1, 0.15) is 42.9 Å². The van der Waals surface area contributed by atoms with Crippen molar-refractivity contribution in [2.45, 2.75) is 45.2 Å². The van der Waals surface area contributed by atoms with Gasteiger partial charge < -0.3 is 9.32 Å². The Morgan fingerprint density at radius 1 is 1.19 bits per heavy atom. The number of fused-ring (bicyclic) bond motifs is 1. The molecule has 0 radical (unpaired) electrons. The van der Waals surface area contributed by atoms with E-state index < -0.39 is 9.84 Å². The molecule has 1 aliphatic heterocycles. The van der Waals surface area contributed by atoms with Crippen molar-refractivity contribution in [2.24, 2.45) is 0 Å². The first-order valence-electron chi connectivity index (χ1n) is 10.5. The number of carbonyl (C=O) groups is 1. The molecule has 2 aromatic carbocycles. The Morgan fingerprint density at radius 3 is 2.58 bits per heavy atom. The zero-order valence-electron chi connectivity index (χ0n) is 17.7.